The molecule has 0 unspecified atom stereocenters. The maximum atomic E-state index is 5.72. The Morgan fingerprint density at radius 1 is 1.58 bits per heavy atom. The number of anilines is 1. The van der Waals surface area contributed by atoms with E-state index in [0.717, 1.165) is 23.8 Å². The van der Waals surface area contributed by atoms with E-state index in [9.17, 15) is 0 Å². The molecule has 0 atom stereocenters. The maximum absolute atomic E-state index is 5.72. The fraction of sp³-hybridized carbons (Fsp3) is 0.375. The van der Waals surface area contributed by atoms with Crippen LogP contribution in [0.4, 0.5) is 5.69 Å². The molecule has 1 saturated heterocycles. The summed E-state index contributed by atoms with van der Waals surface area (Å²) in [6, 6.07) is 1.94. The fourth-order valence-electron chi connectivity index (χ4n) is 0.963. The number of rotatable bonds is 2. The number of nitrogens with zero attached hydrogens (tertiary/aromatic N) is 1. The topological polar surface area (TPSA) is 48.1 Å². The monoisotopic (exact) mass is 182 g/mol. The van der Waals surface area contributed by atoms with Crippen molar-refractivity contribution in [1.82, 2.24) is 4.98 Å². The van der Waals surface area contributed by atoms with Crippen LogP contribution >= 0.6 is 11.8 Å². The Balaban J connectivity index is 2.06. The molecule has 1 aliphatic rings. The van der Waals surface area contributed by atoms with Crippen LogP contribution in [0.3, 0.4) is 0 Å². The molecule has 0 spiro atoms. The summed E-state index contributed by atoms with van der Waals surface area (Å²) in [6.45, 7) is 1.68. The molecule has 1 aromatic heterocycles. The van der Waals surface area contributed by atoms with Crippen molar-refractivity contribution in [3.63, 3.8) is 0 Å². The van der Waals surface area contributed by atoms with Gasteiger partial charge in [-0.15, -0.1) is 11.8 Å². The predicted octanol–water partition coefficient (Wildman–Crippen LogP) is 1.15. The number of pyridine rings is 1. The SMILES string of the molecule is Nc1cnccc1SC1COC1. The molecule has 64 valence electrons. The average Bonchev–Trinajstić information content (AvgIpc) is 2.00. The van der Waals surface area contributed by atoms with E-state index in [1.165, 1.54) is 0 Å². The van der Waals surface area contributed by atoms with Crippen molar-refractivity contribution in [2.24, 2.45) is 0 Å². The Morgan fingerprint density at radius 3 is 3.00 bits per heavy atom. The van der Waals surface area contributed by atoms with Gasteiger partial charge in [-0.25, -0.2) is 0 Å². The molecule has 4 heteroatoms. The van der Waals surface area contributed by atoms with Crippen LogP contribution < -0.4 is 5.73 Å². The van der Waals surface area contributed by atoms with Gasteiger partial charge in [0.25, 0.3) is 0 Å². The van der Waals surface area contributed by atoms with Gasteiger partial charge < -0.3 is 10.5 Å². The van der Waals surface area contributed by atoms with Gasteiger partial charge in [0.15, 0.2) is 0 Å². The van der Waals surface area contributed by atoms with Gasteiger partial charge in [0.1, 0.15) is 0 Å². The van der Waals surface area contributed by atoms with E-state index >= 15 is 0 Å². The Hall–Kier alpha value is -0.740. The molecule has 0 bridgehead atoms. The van der Waals surface area contributed by atoms with Crippen molar-refractivity contribution >= 4 is 17.4 Å². The minimum Gasteiger partial charge on any atom is -0.397 e. The molecule has 0 radical (unpaired) electrons. The number of nitrogens with two attached hydrogens (primary N) is 1. The average molecular weight is 182 g/mol. The Morgan fingerprint density at radius 2 is 2.42 bits per heavy atom. The molecule has 2 N–H and O–H groups in total. The van der Waals surface area contributed by atoms with E-state index < -0.39 is 0 Å². The van der Waals surface area contributed by atoms with Crippen LogP contribution in [-0.4, -0.2) is 23.4 Å². The summed E-state index contributed by atoms with van der Waals surface area (Å²) < 4.78 is 5.07. The first-order valence-electron chi connectivity index (χ1n) is 3.80. The van der Waals surface area contributed by atoms with Crippen LogP contribution in [0.5, 0.6) is 0 Å². The molecule has 0 aliphatic carbocycles. The molecule has 2 rings (SSSR count). The van der Waals surface area contributed by atoms with Gasteiger partial charge in [-0.3, -0.25) is 4.98 Å². The standard InChI is InChI=1S/C8H10N2OS/c9-7-3-10-2-1-8(7)12-6-4-11-5-6/h1-3,6H,4-5,9H2. The van der Waals surface area contributed by atoms with Crippen molar-refractivity contribution in [2.75, 3.05) is 18.9 Å². The Labute approximate surface area is 75.3 Å². The zero-order chi connectivity index (χ0) is 8.39. The van der Waals surface area contributed by atoms with E-state index in [0.29, 0.717) is 5.25 Å². The molecular weight excluding hydrogens is 172 g/mol. The minimum absolute atomic E-state index is 0.578. The van der Waals surface area contributed by atoms with Gasteiger partial charge >= 0.3 is 0 Å². The van der Waals surface area contributed by atoms with E-state index in [4.69, 9.17) is 10.5 Å². The molecule has 3 nitrogen and oxygen atoms in total. The van der Waals surface area contributed by atoms with E-state index in [2.05, 4.69) is 4.98 Å². The van der Waals surface area contributed by atoms with Crippen molar-refractivity contribution < 1.29 is 4.74 Å². The first-order valence-corrected chi connectivity index (χ1v) is 4.68. The summed E-state index contributed by atoms with van der Waals surface area (Å²) in [6.07, 6.45) is 3.44. The van der Waals surface area contributed by atoms with Crippen molar-refractivity contribution in [1.29, 1.82) is 0 Å². The lowest BCUT2D eigenvalue weighted by Gasteiger charge is -2.25. The van der Waals surface area contributed by atoms with Crippen molar-refractivity contribution in [2.45, 2.75) is 10.1 Å². The molecule has 1 aromatic rings. The third-order valence-corrected chi connectivity index (χ3v) is 2.94. The molecule has 0 amide bonds. The first kappa shape index (κ1) is 7.89. The summed E-state index contributed by atoms with van der Waals surface area (Å²) in [5.74, 6) is 0. The number of hydrogen-bond donors (Lipinski definition) is 1. The summed E-state index contributed by atoms with van der Waals surface area (Å²) in [5.41, 5.74) is 6.48. The summed E-state index contributed by atoms with van der Waals surface area (Å²) in [5, 5.41) is 0.578. The van der Waals surface area contributed by atoms with Gasteiger partial charge in [-0.1, -0.05) is 0 Å². The van der Waals surface area contributed by atoms with Gasteiger partial charge in [0, 0.05) is 11.1 Å². The summed E-state index contributed by atoms with van der Waals surface area (Å²) in [4.78, 5) is 5.04. The van der Waals surface area contributed by atoms with Crippen LogP contribution in [0.1, 0.15) is 0 Å². The fourth-order valence-corrected chi connectivity index (χ4v) is 1.98. The summed E-state index contributed by atoms with van der Waals surface area (Å²) >= 11 is 1.77. The highest BCUT2D eigenvalue weighted by atomic mass is 32.2. The van der Waals surface area contributed by atoms with Crippen LogP contribution in [-0.2, 0) is 4.74 Å². The predicted molar refractivity (Wildman–Crippen MR) is 49.1 cm³/mol. The molecule has 0 saturated carbocycles. The van der Waals surface area contributed by atoms with E-state index in [1.807, 2.05) is 6.07 Å². The quantitative estimate of drug-likeness (QED) is 0.745. The Bertz CT molecular complexity index is 276. The van der Waals surface area contributed by atoms with E-state index in [-0.39, 0.29) is 0 Å². The lowest BCUT2D eigenvalue weighted by molar-refractivity contribution is 0.0455. The molecule has 0 aromatic carbocycles. The highest BCUT2D eigenvalue weighted by Crippen LogP contribution is 2.30. The van der Waals surface area contributed by atoms with Crippen LogP contribution in [0.2, 0.25) is 0 Å². The lowest BCUT2D eigenvalue weighted by Crippen LogP contribution is -2.30. The number of nitrogen functional groups attached to an aromatic ring is 1. The number of hydrogen-bond acceptors (Lipinski definition) is 4. The zero-order valence-electron chi connectivity index (χ0n) is 6.56. The molecular formula is C8H10N2OS. The minimum atomic E-state index is 0.578. The highest BCUT2D eigenvalue weighted by molar-refractivity contribution is 8.00. The summed E-state index contributed by atoms with van der Waals surface area (Å²) in [7, 11) is 0. The van der Waals surface area contributed by atoms with E-state index in [1.54, 1.807) is 24.2 Å². The lowest BCUT2D eigenvalue weighted by atomic mass is 10.4. The number of aromatic nitrogens is 1. The van der Waals surface area contributed by atoms with Gasteiger partial charge in [-0.2, -0.15) is 0 Å². The second kappa shape index (κ2) is 3.33. The van der Waals surface area contributed by atoms with Crippen LogP contribution in [0, 0.1) is 0 Å². The van der Waals surface area contributed by atoms with Crippen LogP contribution in [0.25, 0.3) is 0 Å². The second-order valence-corrected chi connectivity index (χ2v) is 4.03. The number of ether oxygens (including phenoxy) is 1. The van der Waals surface area contributed by atoms with Gasteiger partial charge in [0.2, 0.25) is 0 Å². The first-order chi connectivity index (χ1) is 5.86. The Kier molecular flexibility index (Phi) is 2.19. The largest absolute Gasteiger partial charge is 0.397 e. The van der Waals surface area contributed by atoms with Gasteiger partial charge in [-0.05, 0) is 6.07 Å². The molecule has 1 fully saturated rings. The van der Waals surface area contributed by atoms with Crippen molar-refractivity contribution in [3.05, 3.63) is 18.5 Å². The molecule has 12 heavy (non-hydrogen) atoms. The third-order valence-electron chi connectivity index (χ3n) is 1.71. The van der Waals surface area contributed by atoms with Gasteiger partial charge in [0.05, 0.1) is 30.3 Å². The maximum Gasteiger partial charge on any atom is 0.0638 e. The zero-order valence-corrected chi connectivity index (χ0v) is 7.38. The second-order valence-electron chi connectivity index (χ2n) is 2.69. The smallest absolute Gasteiger partial charge is 0.0638 e. The van der Waals surface area contributed by atoms with Crippen LogP contribution in [0.15, 0.2) is 23.4 Å². The normalized spacial score (nSPS) is 17.3. The molecule has 2 heterocycles. The highest BCUT2D eigenvalue weighted by Gasteiger charge is 2.20. The molecule has 1 aliphatic heterocycles. The number of thioether (sulfide) groups is 1. The third kappa shape index (κ3) is 1.54. The van der Waals surface area contributed by atoms with Crippen molar-refractivity contribution in [3.8, 4) is 0 Å².